The highest BCUT2D eigenvalue weighted by molar-refractivity contribution is 4.77. The van der Waals surface area contributed by atoms with E-state index in [-0.39, 0.29) is 5.54 Å². The van der Waals surface area contributed by atoms with Crippen LogP contribution in [0.3, 0.4) is 0 Å². The Morgan fingerprint density at radius 1 is 1.12 bits per heavy atom. The van der Waals surface area contributed by atoms with Crippen LogP contribution < -0.4 is 5.32 Å². The Hall–Kier alpha value is -0.0800. The Kier molecular flexibility index (Phi) is 6.50. The molecule has 0 spiro atoms. The molecule has 0 aliphatic heterocycles. The molecule has 0 aromatic carbocycles. The maximum atomic E-state index is 3.56. The lowest BCUT2D eigenvalue weighted by atomic mass is 10.1. The van der Waals surface area contributed by atoms with E-state index in [1.807, 2.05) is 0 Å². The first kappa shape index (κ1) is 15.0. The zero-order valence-corrected chi connectivity index (χ0v) is 12.4. The largest absolute Gasteiger partial charge is 0.312 e. The fourth-order valence-electron chi connectivity index (χ4n) is 2.77. The van der Waals surface area contributed by atoms with Gasteiger partial charge < -0.3 is 10.2 Å². The van der Waals surface area contributed by atoms with Gasteiger partial charge in [-0.25, -0.2) is 0 Å². The molecule has 0 unspecified atom stereocenters. The first-order chi connectivity index (χ1) is 8.03. The van der Waals surface area contributed by atoms with Gasteiger partial charge in [-0.3, -0.25) is 0 Å². The average molecular weight is 240 g/mol. The Labute approximate surface area is 108 Å². The summed E-state index contributed by atoms with van der Waals surface area (Å²) in [5, 5.41) is 3.56. The normalized spacial score (nSPS) is 18.2. The monoisotopic (exact) mass is 240 g/mol. The highest BCUT2D eigenvalue weighted by atomic mass is 15.1. The molecule has 1 saturated carbocycles. The van der Waals surface area contributed by atoms with Crippen LogP contribution in [0.15, 0.2) is 0 Å². The Balaban J connectivity index is 2.07. The molecular weight excluding hydrogens is 208 g/mol. The summed E-state index contributed by atoms with van der Waals surface area (Å²) in [6.45, 7) is 12.7. The number of nitrogens with zero attached hydrogens (tertiary/aromatic N) is 1. The van der Waals surface area contributed by atoms with Crippen molar-refractivity contribution in [3.05, 3.63) is 0 Å². The van der Waals surface area contributed by atoms with E-state index in [9.17, 15) is 0 Å². The van der Waals surface area contributed by atoms with Crippen LogP contribution in [0.25, 0.3) is 0 Å². The van der Waals surface area contributed by atoms with Crippen molar-refractivity contribution in [2.24, 2.45) is 0 Å². The number of unbranched alkanes of at least 4 members (excludes halogenated alkanes) is 1. The van der Waals surface area contributed by atoms with Crippen LogP contribution in [0.5, 0.6) is 0 Å². The van der Waals surface area contributed by atoms with Crippen LogP contribution in [-0.2, 0) is 0 Å². The Morgan fingerprint density at radius 3 is 2.29 bits per heavy atom. The van der Waals surface area contributed by atoms with Gasteiger partial charge in [0.2, 0.25) is 0 Å². The van der Waals surface area contributed by atoms with E-state index < -0.39 is 0 Å². The van der Waals surface area contributed by atoms with Gasteiger partial charge in [-0.15, -0.1) is 0 Å². The van der Waals surface area contributed by atoms with E-state index >= 15 is 0 Å². The summed E-state index contributed by atoms with van der Waals surface area (Å²) in [6.07, 6.45) is 8.43. The van der Waals surface area contributed by atoms with E-state index in [4.69, 9.17) is 0 Å². The topological polar surface area (TPSA) is 15.3 Å². The smallest absolute Gasteiger partial charge is 0.00965 e. The quantitative estimate of drug-likeness (QED) is 0.686. The summed E-state index contributed by atoms with van der Waals surface area (Å²) in [7, 11) is 0. The molecule has 102 valence electrons. The minimum Gasteiger partial charge on any atom is -0.312 e. The molecule has 0 aromatic rings. The summed E-state index contributed by atoms with van der Waals surface area (Å²) in [5.41, 5.74) is 0.274. The molecule has 0 radical (unpaired) electrons. The molecule has 0 amide bonds. The lowest BCUT2D eigenvalue weighted by Gasteiger charge is -2.27. The third-order valence-corrected chi connectivity index (χ3v) is 3.77. The second kappa shape index (κ2) is 7.38. The predicted octanol–water partition coefficient (Wildman–Crippen LogP) is 3.42. The summed E-state index contributed by atoms with van der Waals surface area (Å²) in [5.74, 6) is 0. The van der Waals surface area contributed by atoms with E-state index in [2.05, 4.69) is 37.9 Å². The minimum absolute atomic E-state index is 0.274. The maximum absolute atomic E-state index is 3.56. The summed E-state index contributed by atoms with van der Waals surface area (Å²) >= 11 is 0. The first-order valence-electron chi connectivity index (χ1n) is 7.52. The van der Waals surface area contributed by atoms with Gasteiger partial charge in [0.15, 0.2) is 0 Å². The lowest BCUT2D eigenvalue weighted by Crippen LogP contribution is -2.37. The zero-order chi connectivity index (χ0) is 12.7. The Bertz CT molecular complexity index is 190. The van der Waals surface area contributed by atoms with Crippen molar-refractivity contribution in [3.8, 4) is 0 Å². The molecule has 1 aliphatic rings. The van der Waals surface area contributed by atoms with E-state index in [1.165, 1.54) is 51.6 Å². The molecule has 0 saturated heterocycles. The standard InChI is InChI=1S/C15H32N2/c1-5-17(14-10-6-7-11-14)13-9-8-12-16-15(2,3)4/h14,16H,5-13H2,1-4H3. The zero-order valence-electron chi connectivity index (χ0n) is 12.4. The second-order valence-corrected chi connectivity index (χ2v) is 6.45. The molecule has 17 heavy (non-hydrogen) atoms. The third-order valence-electron chi connectivity index (χ3n) is 3.77. The molecule has 1 aliphatic carbocycles. The fraction of sp³-hybridized carbons (Fsp3) is 1.00. The van der Waals surface area contributed by atoms with Crippen molar-refractivity contribution in [2.45, 2.75) is 77.8 Å². The fourth-order valence-corrected chi connectivity index (χ4v) is 2.77. The molecule has 2 heteroatoms. The van der Waals surface area contributed by atoms with Crippen molar-refractivity contribution < 1.29 is 0 Å². The van der Waals surface area contributed by atoms with Gasteiger partial charge in [-0.05, 0) is 66.1 Å². The van der Waals surface area contributed by atoms with Gasteiger partial charge in [-0.1, -0.05) is 19.8 Å². The van der Waals surface area contributed by atoms with Gasteiger partial charge in [0, 0.05) is 11.6 Å². The van der Waals surface area contributed by atoms with Gasteiger partial charge in [0.25, 0.3) is 0 Å². The number of rotatable bonds is 7. The van der Waals surface area contributed by atoms with E-state index in [1.54, 1.807) is 0 Å². The molecule has 0 heterocycles. The maximum Gasteiger partial charge on any atom is 0.00965 e. The van der Waals surface area contributed by atoms with Crippen LogP contribution in [0.2, 0.25) is 0 Å². The van der Waals surface area contributed by atoms with Crippen LogP contribution >= 0.6 is 0 Å². The van der Waals surface area contributed by atoms with Crippen molar-refractivity contribution >= 4 is 0 Å². The van der Waals surface area contributed by atoms with E-state index in [0.717, 1.165) is 12.6 Å². The Morgan fingerprint density at radius 2 is 1.76 bits per heavy atom. The van der Waals surface area contributed by atoms with E-state index in [0.29, 0.717) is 0 Å². The van der Waals surface area contributed by atoms with Crippen LogP contribution in [-0.4, -0.2) is 36.1 Å². The SMILES string of the molecule is CCN(CCCCNC(C)(C)C)C1CCCC1. The average Bonchev–Trinajstić information content (AvgIpc) is 2.75. The first-order valence-corrected chi connectivity index (χ1v) is 7.52. The van der Waals surface area contributed by atoms with Gasteiger partial charge in [0.1, 0.15) is 0 Å². The lowest BCUT2D eigenvalue weighted by molar-refractivity contribution is 0.204. The van der Waals surface area contributed by atoms with Gasteiger partial charge >= 0.3 is 0 Å². The summed E-state index contributed by atoms with van der Waals surface area (Å²) in [6, 6.07) is 0.899. The van der Waals surface area contributed by atoms with Crippen LogP contribution in [0, 0.1) is 0 Å². The predicted molar refractivity (Wildman–Crippen MR) is 76.5 cm³/mol. The highest BCUT2D eigenvalue weighted by Gasteiger charge is 2.20. The molecule has 0 aromatic heterocycles. The molecular formula is C15H32N2. The molecule has 1 N–H and O–H groups in total. The third kappa shape index (κ3) is 6.42. The molecule has 2 nitrogen and oxygen atoms in total. The van der Waals surface area contributed by atoms with Crippen molar-refractivity contribution in [1.29, 1.82) is 0 Å². The molecule has 1 fully saturated rings. The highest BCUT2D eigenvalue weighted by Crippen LogP contribution is 2.23. The van der Waals surface area contributed by atoms with Crippen molar-refractivity contribution in [1.82, 2.24) is 10.2 Å². The number of hydrogen-bond donors (Lipinski definition) is 1. The number of hydrogen-bond acceptors (Lipinski definition) is 2. The molecule has 1 rings (SSSR count). The second-order valence-electron chi connectivity index (χ2n) is 6.45. The number of nitrogens with one attached hydrogen (secondary N) is 1. The summed E-state index contributed by atoms with van der Waals surface area (Å²) in [4.78, 5) is 2.70. The molecule has 0 atom stereocenters. The van der Waals surface area contributed by atoms with Gasteiger partial charge in [-0.2, -0.15) is 0 Å². The summed E-state index contributed by atoms with van der Waals surface area (Å²) < 4.78 is 0. The van der Waals surface area contributed by atoms with Crippen LogP contribution in [0.1, 0.15) is 66.2 Å². The van der Waals surface area contributed by atoms with Gasteiger partial charge in [0.05, 0.1) is 0 Å². The minimum atomic E-state index is 0.274. The molecule has 0 bridgehead atoms. The van der Waals surface area contributed by atoms with Crippen molar-refractivity contribution in [2.75, 3.05) is 19.6 Å². The van der Waals surface area contributed by atoms with Crippen molar-refractivity contribution in [3.63, 3.8) is 0 Å². The van der Waals surface area contributed by atoms with Crippen LogP contribution in [0.4, 0.5) is 0 Å².